The number of benzene rings is 1. The van der Waals surface area contributed by atoms with Crippen LogP contribution in [0.2, 0.25) is 5.02 Å². The van der Waals surface area contributed by atoms with Crippen LogP contribution in [0.25, 0.3) is 0 Å². The van der Waals surface area contributed by atoms with Crippen LogP contribution in [0.1, 0.15) is 22.5 Å². The van der Waals surface area contributed by atoms with Gasteiger partial charge < -0.3 is 5.73 Å². The summed E-state index contributed by atoms with van der Waals surface area (Å²) in [5.41, 5.74) is 7.28. The summed E-state index contributed by atoms with van der Waals surface area (Å²) in [6, 6.07) is 4.44. The fourth-order valence-corrected chi connectivity index (χ4v) is 2.19. The van der Waals surface area contributed by atoms with E-state index < -0.39 is 11.9 Å². The number of anilines is 1. The molecule has 0 fully saturated rings. The first-order valence-electron chi connectivity index (χ1n) is 5.84. The van der Waals surface area contributed by atoms with Crippen LogP contribution in [0.15, 0.2) is 18.2 Å². The number of aryl methyl sites for hydroxylation is 2. The van der Waals surface area contributed by atoms with Crippen molar-refractivity contribution < 1.29 is 13.2 Å². The number of rotatable bonds is 2. The Balaban J connectivity index is 2.33. The highest BCUT2D eigenvalue weighted by Gasteiger charge is 2.34. The smallest absolute Gasteiger partial charge is 0.397 e. The van der Waals surface area contributed by atoms with E-state index in [2.05, 4.69) is 5.10 Å². The van der Waals surface area contributed by atoms with Crippen molar-refractivity contribution in [2.24, 2.45) is 0 Å². The molecule has 1 aromatic carbocycles. The number of nitrogens with two attached hydrogens (primary N) is 1. The van der Waals surface area contributed by atoms with Gasteiger partial charge in [0.05, 0.1) is 17.3 Å². The maximum atomic E-state index is 12.6. The summed E-state index contributed by atoms with van der Waals surface area (Å²) in [6.07, 6.45) is -4.44. The van der Waals surface area contributed by atoms with Gasteiger partial charge in [-0.05, 0) is 37.1 Å². The third kappa shape index (κ3) is 2.90. The van der Waals surface area contributed by atoms with Crippen molar-refractivity contribution in [3.05, 3.63) is 45.7 Å². The van der Waals surface area contributed by atoms with E-state index in [9.17, 15) is 13.2 Å². The number of hydrogen-bond acceptors (Lipinski definition) is 2. The van der Waals surface area contributed by atoms with E-state index >= 15 is 0 Å². The highest BCUT2D eigenvalue weighted by Crippen LogP contribution is 2.29. The molecule has 0 radical (unpaired) electrons. The minimum absolute atomic E-state index is 0.211. The zero-order valence-electron chi connectivity index (χ0n) is 10.9. The lowest BCUT2D eigenvalue weighted by Crippen LogP contribution is -2.09. The number of hydrogen-bond donors (Lipinski definition) is 1. The van der Waals surface area contributed by atoms with Gasteiger partial charge in [-0.25, -0.2) is 0 Å². The monoisotopic (exact) mass is 303 g/mol. The van der Waals surface area contributed by atoms with Crippen molar-refractivity contribution >= 4 is 17.3 Å². The van der Waals surface area contributed by atoms with Crippen LogP contribution in [0.4, 0.5) is 18.9 Å². The SMILES string of the molecule is Cc1cc(Cn2nc(C(F)(F)F)cc2C)cc(Cl)c1N. The molecule has 0 aliphatic rings. The first-order chi connectivity index (χ1) is 9.18. The van der Waals surface area contributed by atoms with E-state index in [4.69, 9.17) is 17.3 Å². The van der Waals surface area contributed by atoms with Crippen LogP contribution in [-0.2, 0) is 12.7 Å². The summed E-state index contributed by atoms with van der Waals surface area (Å²) in [7, 11) is 0. The zero-order valence-corrected chi connectivity index (χ0v) is 11.7. The standard InChI is InChI=1S/C13H13ClF3N3/c1-7-3-9(5-10(14)12(7)18)6-20-8(2)4-11(19-20)13(15,16)17/h3-5H,6,18H2,1-2H3. The molecule has 0 aliphatic carbocycles. The number of halogens is 4. The minimum Gasteiger partial charge on any atom is -0.397 e. The van der Waals surface area contributed by atoms with Gasteiger partial charge in [-0.15, -0.1) is 0 Å². The first-order valence-corrected chi connectivity index (χ1v) is 6.22. The normalized spacial score (nSPS) is 11.9. The van der Waals surface area contributed by atoms with Gasteiger partial charge in [-0.1, -0.05) is 17.7 Å². The number of aromatic nitrogens is 2. The average Bonchev–Trinajstić information content (AvgIpc) is 2.68. The molecule has 2 rings (SSSR count). The highest BCUT2D eigenvalue weighted by atomic mass is 35.5. The lowest BCUT2D eigenvalue weighted by Gasteiger charge is -2.09. The Hall–Kier alpha value is -1.69. The van der Waals surface area contributed by atoms with Crippen LogP contribution in [0.5, 0.6) is 0 Å². The fraction of sp³-hybridized carbons (Fsp3) is 0.308. The summed E-state index contributed by atoms with van der Waals surface area (Å²) in [5, 5.41) is 3.97. The molecule has 7 heteroatoms. The van der Waals surface area contributed by atoms with Crippen LogP contribution in [0, 0.1) is 13.8 Å². The van der Waals surface area contributed by atoms with Gasteiger partial charge >= 0.3 is 6.18 Å². The summed E-state index contributed by atoms with van der Waals surface area (Å²) >= 11 is 5.97. The molecule has 0 unspecified atom stereocenters. The molecule has 0 saturated heterocycles. The summed E-state index contributed by atoms with van der Waals surface area (Å²) in [5.74, 6) is 0. The van der Waals surface area contributed by atoms with Crippen LogP contribution < -0.4 is 5.73 Å². The molecule has 3 nitrogen and oxygen atoms in total. The highest BCUT2D eigenvalue weighted by molar-refractivity contribution is 6.33. The maximum Gasteiger partial charge on any atom is 0.435 e. The van der Waals surface area contributed by atoms with Crippen molar-refractivity contribution in [2.45, 2.75) is 26.6 Å². The van der Waals surface area contributed by atoms with E-state index in [1.165, 1.54) is 4.68 Å². The summed E-state index contributed by atoms with van der Waals surface area (Å²) in [6.45, 7) is 3.58. The minimum atomic E-state index is -4.44. The average molecular weight is 304 g/mol. The lowest BCUT2D eigenvalue weighted by atomic mass is 10.1. The Morgan fingerprint density at radius 2 is 1.90 bits per heavy atom. The van der Waals surface area contributed by atoms with Gasteiger partial charge in [0.2, 0.25) is 0 Å². The third-order valence-electron chi connectivity index (χ3n) is 3.00. The Kier molecular flexibility index (Phi) is 3.69. The Morgan fingerprint density at radius 3 is 2.40 bits per heavy atom. The van der Waals surface area contributed by atoms with Crippen molar-refractivity contribution in [1.82, 2.24) is 9.78 Å². The van der Waals surface area contributed by atoms with E-state index in [1.807, 2.05) is 0 Å². The molecule has 2 aromatic rings. The molecule has 0 spiro atoms. The van der Waals surface area contributed by atoms with Gasteiger partial charge in [0.15, 0.2) is 5.69 Å². The molecule has 0 aliphatic heterocycles. The van der Waals surface area contributed by atoms with Gasteiger partial charge in [0.25, 0.3) is 0 Å². The Labute approximate surface area is 119 Å². The third-order valence-corrected chi connectivity index (χ3v) is 3.31. The van der Waals surface area contributed by atoms with E-state index in [0.29, 0.717) is 16.4 Å². The second-order valence-electron chi connectivity index (χ2n) is 4.63. The molecular weight excluding hydrogens is 291 g/mol. The molecule has 2 N–H and O–H groups in total. The lowest BCUT2D eigenvalue weighted by molar-refractivity contribution is -0.141. The van der Waals surface area contributed by atoms with Crippen LogP contribution >= 0.6 is 11.6 Å². The molecule has 108 valence electrons. The molecule has 0 saturated carbocycles. The molecule has 0 atom stereocenters. The Bertz CT molecular complexity index is 624. The van der Waals surface area contributed by atoms with Crippen molar-refractivity contribution in [2.75, 3.05) is 5.73 Å². The van der Waals surface area contributed by atoms with E-state index in [0.717, 1.165) is 17.2 Å². The summed E-state index contributed by atoms with van der Waals surface area (Å²) < 4.78 is 39.1. The largest absolute Gasteiger partial charge is 0.435 e. The second kappa shape index (κ2) is 5.01. The fourth-order valence-electron chi connectivity index (χ4n) is 1.90. The quantitative estimate of drug-likeness (QED) is 0.858. The van der Waals surface area contributed by atoms with Crippen molar-refractivity contribution in [1.29, 1.82) is 0 Å². The summed E-state index contributed by atoms with van der Waals surface area (Å²) in [4.78, 5) is 0. The molecule has 1 aromatic heterocycles. The van der Waals surface area contributed by atoms with Gasteiger partial charge in [-0.2, -0.15) is 18.3 Å². The second-order valence-corrected chi connectivity index (χ2v) is 5.04. The molecular formula is C13H13ClF3N3. The first kappa shape index (κ1) is 14.7. The maximum absolute atomic E-state index is 12.6. The molecule has 1 heterocycles. The van der Waals surface area contributed by atoms with Crippen LogP contribution in [-0.4, -0.2) is 9.78 Å². The molecule has 0 amide bonds. The van der Waals surface area contributed by atoms with Gasteiger partial charge in [0.1, 0.15) is 0 Å². The molecule has 20 heavy (non-hydrogen) atoms. The van der Waals surface area contributed by atoms with Crippen molar-refractivity contribution in [3.8, 4) is 0 Å². The predicted octanol–water partition coefficient (Wildman–Crippen LogP) is 3.80. The van der Waals surface area contributed by atoms with E-state index in [1.54, 1.807) is 26.0 Å². The van der Waals surface area contributed by atoms with E-state index in [-0.39, 0.29) is 6.54 Å². The zero-order chi connectivity index (χ0) is 15.1. The topological polar surface area (TPSA) is 43.8 Å². The predicted molar refractivity (Wildman–Crippen MR) is 71.7 cm³/mol. The number of alkyl halides is 3. The number of nitrogen functional groups attached to an aromatic ring is 1. The van der Waals surface area contributed by atoms with Gasteiger partial charge in [-0.3, -0.25) is 4.68 Å². The van der Waals surface area contributed by atoms with Crippen molar-refractivity contribution in [3.63, 3.8) is 0 Å². The Morgan fingerprint density at radius 1 is 1.25 bits per heavy atom. The number of nitrogens with zero attached hydrogens (tertiary/aromatic N) is 2. The van der Waals surface area contributed by atoms with Crippen LogP contribution in [0.3, 0.4) is 0 Å². The molecule has 0 bridgehead atoms. The van der Waals surface area contributed by atoms with Gasteiger partial charge in [0, 0.05) is 5.69 Å².